The first kappa shape index (κ1) is 15.6. The van der Waals surface area contributed by atoms with Gasteiger partial charge in [0.05, 0.1) is 22.5 Å². The maximum atomic E-state index is 9.00. The van der Waals surface area contributed by atoms with E-state index in [9.17, 15) is 0 Å². The molecule has 2 aromatic rings. The Balaban J connectivity index is 1.76. The molecule has 4 nitrogen and oxygen atoms in total. The fourth-order valence-electron chi connectivity index (χ4n) is 3.07. The number of nitrogens with zero attached hydrogens (tertiary/aromatic N) is 4. The number of hydrogen-bond acceptors (Lipinski definition) is 4. The Labute approximate surface area is 141 Å². The summed E-state index contributed by atoms with van der Waals surface area (Å²) in [7, 11) is 2.09. The normalized spacial score (nSPS) is 17.6. The highest BCUT2D eigenvalue weighted by Gasteiger charge is 2.24. The molecule has 0 saturated carbocycles. The summed E-state index contributed by atoms with van der Waals surface area (Å²) in [6, 6.07) is 12.2. The van der Waals surface area contributed by atoms with Gasteiger partial charge in [0, 0.05) is 38.1 Å². The molecule has 0 spiro atoms. The number of benzene rings is 1. The second-order valence-electron chi connectivity index (χ2n) is 5.84. The molecule has 0 amide bonds. The van der Waals surface area contributed by atoms with E-state index in [1.54, 1.807) is 12.3 Å². The fourth-order valence-corrected chi connectivity index (χ4v) is 3.29. The highest BCUT2D eigenvalue weighted by molar-refractivity contribution is 6.32. The highest BCUT2D eigenvalue weighted by atomic mass is 35.5. The fraction of sp³-hybridized carbons (Fsp3) is 0.333. The third-order valence-corrected chi connectivity index (χ3v) is 4.75. The predicted octanol–water partition coefficient (Wildman–Crippen LogP) is 3.71. The van der Waals surface area contributed by atoms with E-state index in [-0.39, 0.29) is 0 Å². The molecule has 0 bridgehead atoms. The lowest BCUT2D eigenvalue weighted by Crippen LogP contribution is -2.46. The van der Waals surface area contributed by atoms with E-state index in [4.69, 9.17) is 16.9 Å². The van der Waals surface area contributed by atoms with Crippen molar-refractivity contribution in [3.8, 4) is 6.07 Å². The number of pyridine rings is 1. The van der Waals surface area contributed by atoms with Gasteiger partial charge in [-0.2, -0.15) is 5.26 Å². The van der Waals surface area contributed by atoms with Crippen LogP contribution in [0, 0.1) is 11.3 Å². The quantitative estimate of drug-likeness (QED) is 0.862. The molecule has 23 heavy (non-hydrogen) atoms. The Morgan fingerprint density at radius 3 is 2.96 bits per heavy atom. The molecule has 0 aliphatic carbocycles. The van der Waals surface area contributed by atoms with E-state index in [1.807, 2.05) is 24.4 Å². The van der Waals surface area contributed by atoms with Crippen molar-refractivity contribution in [3.63, 3.8) is 0 Å². The molecule has 1 unspecified atom stereocenters. The van der Waals surface area contributed by atoms with Crippen LogP contribution in [0.15, 0.2) is 42.7 Å². The summed E-state index contributed by atoms with van der Waals surface area (Å²) in [5, 5.41) is 9.51. The molecular weight excluding hydrogens is 308 g/mol. The molecule has 1 aromatic carbocycles. The first-order valence-electron chi connectivity index (χ1n) is 7.76. The van der Waals surface area contributed by atoms with Crippen LogP contribution in [0.1, 0.15) is 18.4 Å². The van der Waals surface area contributed by atoms with Gasteiger partial charge in [0.1, 0.15) is 6.07 Å². The van der Waals surface area contributed by atoms with Crippen LogP contribution in [0.2, 0.25) is 5.02 Å². The average molecular weight is 327 g/mol. The van der Waals surface area contributed by atoms with Gasteiger partial charge < -0.3 is 9.80 Å². The summed E-state index contributed by atoms with van der Waals surface area (Å²) in [5.74, 6) is 0. The average Bonchev–Trinajstić information content (AvgIpc) is 2.62. The van der Waals surface area contributed by atoms with Gasteiger partial charge in [-0.3, -0.25) is 4.98 Å². The smallest absolute Gasteiger partial charge is 0.101 e. The van der Waals surface area contributed by atoms with Crippen LogP contribution in [0.4, 0.5) is 11.4 Å². The summed E-state index contributed by atoms with van der Waals surface area (Å²) in [4.78, 5) is 8.85. The number of halogens is 1. The Morgan fingerprint density at radius 2 is 2.26 bits per heavy atom. The molecule has 1 aliphatic heterocycles. The summed E-state index contributed by atoms with van der Waals surface area (Å²) in [5.41, 5.74) is 2.74. The van der Waals surface area contributed by atoms with Crippen molar-refractivity contribution in [2.45, 2.75) is 18.9 Å². The predicted molar refractivity (Wildman–Crippen MR) is 94.0 cm³/mol. The topological polar surface area (TPSA) is 43.2 Å². The Kier molecular flexibility index (Phi) is 4.68. The number of anilines is 2. The van der Waals surface area contributed by atoms with Crippen LogP contribution >= 0.6 is 11.6 Å². The number of aromatic nitrogens is 1. The largest absolute Gasteiger partial charge is 0.370 e. The molecule has 118 valence electrons. The van der Waals surface area contributed by atoms with Gasteiger partial charge in [-0.05, 0) is 43.2 Å². The zero-order valence-electron chi connectivity index (χ0n) is 13.1. The summed E-state index contributed by atoms with van der Waals surface area (Å²) in [6.07, 6.45) is 6.01. The lowest BCUT2D eigenvalue weighted by molar-refractivity contribution is 0.488. The number of rotatable bonds is 3. The molecule has 1 saturated heterocycles. The summed E-state index contributed by atoms with van der Waals surface area (Å²) in [6.45, 7) is 2.02. The van der Waals surface area contributed by atoms with Gasteiger partial charge in [0.15, 0.2) is 0 Å². The highest BCUT2D eigenvalue weighted by Crippen LogP contribution is 2.27. The Bertz CT molecular complexity index is 711. The number of likely N-dealkylation sites (N-methyl/N-ethyl adjacent to an activating group) is 1. The SMILES string of the molecule is CN(c1ccc(C#N)c(Cl)c1)C1CCCN(c2cccnc2)C1. The standard InChI is InChI=1S/C18H19ClN4/c1-22(15-7-6-14(11-20)18(19)10-15)17-5-3-9-23(13-17)16-4-2-8-21-12-16/h2,4,6-8,10,12,17H,3,5,9,13H2,1H3. The minimum Gasteiger partial charge on any atom is -0.370 e. The minimum absolute atomic E-state index is 0.410. The third kappa shape index (κ3) is 3.40. The van der Waals surface area contributed by atoms with Crippen LogP contribution in [-0.4, -0.2) is 31.2 Å². The van der Waals surface area contributed by atoms with Gasteiger partial charge in [-0.1, -0.05) is 11.6 Å². The lowest BCUT2D eigenvalue weighted by Gasteiger charge is -2.39. The van der Waals surface area contributed by atoms with Crippen molar-refractivity contribution >= 4 is 23.0 Å². The maximum Gasteiger partial charge on any atom is 0.101 e. The molecule has 1 fully saturated rings. The van der Waals surface area contributed by atoms with E-state index >= 15 is 0 Å². The second kappa shape index (κ2) is 6.89. The maximum absolute atomic E-state index is 9.00. The molecule has 1 aromatic heterocycles. The van der Waals surface area contributed by atoms with Crippen molar-refractivity contribution in [2.75, 3.05) is 29.9 Å². The number of hydrogen-bond donors (Lipinski definition) is 0. The van der Waals surface area contributed by atoms with E-state index in [0.29, 0.717) is 16.6 Å². The minimum atomic E-state index is 0.410. The van der Waals surface area contributed by atoms with Crippen molar-refractivity contribution in [3.05, 3.63) is 53.3 Å². The van der Waals surface area contributed by atoms with Crippen molar-refractivity contribution < 1.29 is 0 Å². The molecule has 1 aliphatic rings. The first-order valence-corrected chi connectivity index (χ1v) is 8.14. The molecule has 5 heteroatoms. The van der Waals surface area contributed by atoms with Gasteiger partial charge in [0.25, 0.3) is 0 Å². The molecule has 0 N–H and O–H groups in total. The monoisotopic (exact) mass is 326 g/mol. The Hall–Kier alpha value is -2.25. The van der Waals surface area contributed by atoms with E-state index in [2.05, 4.69) is 34.0 Å². The van der Waals surface area contributed by atoms with E-state index in [0.717, 1.165) is 31.6 Å². The first-order chi connectivity index (χ1) is 11.2. The molecule has 1 atom stereocenters. The van der Waals surface area contributed by atoms with Gasteiger partial charge in [-0.15, -0.1) is 0 Å². The molecule has 0 radical (unpaired) electrons. The van der Waals surface area contributed by atoms with Gasteiger partial charge in [-0.25, -0.2) is 0 Å². The summed E-state index contributed by atoms with van der Waals surface area (Å²) >= 11 is 6.17. The van der Waals surface area contributed by atoms with Crippen LogP contribution in [-0.2, 0) is 0 Å². The third-order valence-electron chi connectivity index (χ3n) is 4.44. The summed E-state index contributed by atoms with van der Waals surface area (Å²) < 4.78 is 0. The van der Waals surface area contributed by atoms with Crippen molar-refractivity contribution in [1.82, 2.24) is 4.98 Å². The lowest BCUT2D eigenvalue weighted by atomic mass is 10.0. The Morgan fingerprint density at radius 1 is 1.39 bits per heavy atom. The van der Waals surface area contributed by atoms with Crippen molar-refractivity contribution in [2.24, 2.45) is 0 Å². The van der Waals surface area contributed by atoms with Gasteiger partial charge >= 0.3 is 0 Å². The van der Waals surface area contributed by atoms with E-state index in [1.165, 1.54) is 5.69 Å². The van der Waals surface area contributed by atoms with Crippen LogP contribution in [0.3, 0.4) is 0 Å². The number of nitriles is 1. The van der Waals surface area contributed by atoms with Crippen molar-refractivity contribution in [1.29, 1.82) is 5.26 Å². The zero-order chi connectivity index (χ0) is 16.2. The van der Waals surface area contributed by atoms with Crippen LogP contribution in [0.25, 0.3) is 0 Å². The van der Waals surface area contributed by atoms with Crippen LogP contribution in [0.5, 0.6) is 0 Å². The zero-order valence-corrected chi connectivity index (χ0v) is 13.9. The molecular formula is C18H19ClN4. The van der Waals surface area contributed by atoms with Gasteiger partial charge in [0.2, 0.25) is 0 Å². The number of piperidine rings is 1. The molecule has 2 heterocycles. The second-order valence-corrected chi connectivity index (χ2v) is 6.25. The van der Waals surface area contributed by atoms with Crippen LogP contribution < -0.4 is 9.80 Å². The van der Waals surface area contributed by atoms with E-state index < -0.39 is 0 Å². The molecule has 3 rings (SSSR count).